The van der Waals surface area contributed by atoms with E-state index in [1.165, 1.54) is 18.4 Å². The van der Waals surface area contributed by atoms with Gasteiger partial charge in [0.05, 0.1) is 12.8 Å². The van der Waals surface area contributed by atoms with Crippen LogP contribution in [0.25, 0.3) is 11.3 Å². The summed E-state index contributed by atoms with van der Waals surface area (Å²) in [5, 5.41) is 0. The first-order chi connectivity index (χ1) is 9.17. The number of rotatable bonds is 3. The summed E-state index contributed by atoms with van der Waals surface area (Å²) in [5.41, 5.74) is 3.22. The highest BCUT2D eigenvalue weighted by Gasteiger charge is 2.26. The van der Waals surface area contributed by atoms with Gasteiger partial charge < -0.3 is 9.72 Å². The highest BCUT2D eigenvalue weighted by atomic mass is 32.1. The molecule has 3 rings (SSSR count). The number of hydrogen-bond acceptors (Lipinski definition) is 3. The van der Waals surface area contributed by atoms with Crippen LogP contribution in [-0.4, -0.2) is 17.1 Å². The van der Waals surface area contributed by atoms with E-state index < -0.39 is 0 Å². The SMILES string of the molecule is COc1ccc(C)cc1-c1cc(=S)nc(C2CC2)[nH]1. The highest BCUT2D eigenvalue weighted by Crippen LogP contribution is 2.39. The second-order valence-electron chi connectivity index (χ2n) is 5.00. The molecule has 0 amide bonds. The Morgan fingerprint density at radius 3 is 2.79 bits per heavy atom. The number of nitrogens with zero attached hydrogens (tertiary/aromatic N) is 1. The maximum atomic E-state index is 5.44. The summed E-state index contributed by atoms with van der Waals surface area (Å²) < 4.78 is 6.07. The molecular formula is C15H16N2OS. The summed E-state index contributed by atoms with van der Waals surface area (Å²) >= 11 is 5.27. The fraction of sp³-hybridized carbons (Fsp3) is 0.333. The minimum absolute atomic E-state index is 0.553. The van der Waals surface area contributed by atoms with Crippen molar-refractivity contribution in [2.45, 2.75) is 25.7 Å². The standard InChI is InChI=1S/C15H16N2OS/c1-9-3-6-13(18-2)11(7-9)12-8-14(19)17-15(16-12)10-4-5-10/h3,6-8,10H,4-5H2,1-2H3,(H,16,17,19). The Labute approximate surface area is 117 Å². The third-order valence-corrected chi connectivity index (χ3v) is 3.58. The zero-order valence-electron chi connectivity index (χ0n) is 11.1. The van der Waals surface area contributed by atoms with Crippen molar-refractivity contribution < 1.29 is 4.74 Å². The van der Waals surface area contributed by atoms with Crippen LogP contribution in [0.15, 0.2) is 24.3 Å². The fourth-order valence-electron chi connectivity index (χ4n) is 2.20. The van der Waals surface area contributed by atoms with Crippen LogP contribution in [0, 0.1) is 11.6 Å². The number of aromatic amines is 1. The molecule has 98 valence electrons. The van der Waals surface area contributed by atoms with Crippen molar-refractivity contribution in [3.05, 3.63) is 40.3 Å². The van der Waals surface area contributed by atoms with Crippen molar-refractivity contribution in [3.63, 3.8) is 0 Å². The fourth-order valence-corrected chi connectivity index (χ4v) is 2.42. The van der Waals surface area contributed by atoms with E-state index in [1.54, 1.807) is 7.11 Å². The second kappa shape index (κ2) is 4.78. The summed E-state index contributed by atoms with van der Waals surface area (Å²) in [6.07, 6.45) is 2.40. The average molecular weight is 272 g/mol. The van der Waals surface area contributed by atoms with Crippen molar-refractivity contribution in [2.75, 3.05) is 7.11 Å². The van der Waals surface area contributed by atoms with Crippen LogP contribution in [-0.2, 0) is 0 Å². The van der Waals surface area contributed by atoms with E-state index in [-0.39, 0.29) is 0 Å². The Kier molecular flexibility index (Phi) is 3.11. The zero-order valence-corrected chi connectivity index (χ0v) is 11.9. The first-order valence-corrected chi connectivity index (χ1v) is 6.84. The normalized spacial score (nSPS) is 14.4. The highest BCUT2D eigenvalue weighted by molar-refractivity contribution is 7.71. The van der Waals surface area contributed by atoms with Crippen molar-refractivity contribution >= 4 is 12.2 Å². The maximum absolute atomic E-state index is 5.44. The number of hydrogen-bond donors (Lipinski definition) is 1. The van der Waals surface area contributed by atoms with Crippen LogP contribution in [0.3, 0.4) is 0 Å². The molecule has 0 aliphatic heterocycles. The molecule has 1 heterocycles. The van der Waals surface area contributed by atoms with E-state index in [0.29, 0.717) is 10.6 Å². The first kappa shape index (κ1) is 12.4. The third-order valence-electron chi connectivity index (χ3n) is 3.37. The molecule has 0 spiro atoms. The average Bonchev–Trinajstić information content (AvgIpc) is 3.22. The maximum Gasteiger partial charge on any atom is 0.130 e. The molecule has 0 saturated heterocycles. The molecule has 1 aliphatic rings. The van der Waals surface area contributed by atoms with E-state index in [2.05, 4.69) is 23.0 Å². The summed E-state index contributed by atoms with van der Waals surface area (Å²) in [7, 11) is 1.69. The molecule has 1 fully saturated rings. The molecule has 4 heteroatoms. The topological polar surface area (TPSA) is 37.9 Å². The summed E-state index contributed by atoms with van der Waals surface area (Å²) in [6, 6.07) is 8.04. The molecule has 0 bridgehead atoms. The summed E-state index contributed by atoms with van der Waals surface area (Å²) in [6.45, 7) is 2.07. The molecule has 19 heavy (non-hydrogen) atoms. The Hall–Kier alpha value is -1.68. The number of nitrogens with one attached hydrogen (secondary N) is 1. The van der Waals surface area contributed by atoms with Gasteiger partial charge in [0.25, 0.3) is 0 Å². The van der Waals surface area contributed by atoms with Gasteiger partial charge in [0.1, 0.15) is 16.2 Å². The van der Waals surface area contributed by atoms with E-state index in [9.17, 15) is 0 Å². The largest absolute Gasteiger partial charge is 0.496 e. The molecule has 1 aliphatic carbocycles. The molecule has 0 unspecified atom stereocenters. The monoisotopic (exact) mass is 272 g/mol. The van der Waals surface area contributed by atoms with E-state index in [4.69, 9.17) is 17.0 Å². The molecular weight excluding hydrogens is 256 g/mol. The molecule has 1 saturated carbocycles. The van der Waals surface area contributed by atoms with Crippen LogP contribution < -0.4 is 4.74 Å². The number of benzene rings is 1. The van der Waals surface area contributed by atoms with Crippen molar-refractivity contribution in [3.8, 4) is 17.0 Å². The van der Waals surface area contributed by atoms with E-state index in [1.807, 2.05) is 18.2 Å². The molecule has 2 aromatic rings. The first-order valence-electron chi connectivity index (χ1n) is 6.43. The lowest BCUT2D eigenvalue weighted by Gasteiger charge is -2.11. The van der Waals surface area contributed by atoms with Gasteiger partial charge in [-0.3, -0.25) is 0 Å². The lowest BCUT2D eigenvalue weighted by atomic mass is 10.1. The van der Waals surface area contributed by atoms with Crippen LogP contribution in [0.2, 0.25) is 0 Å². The van der Waals surface area contributed by atoms with Crippen molar-refractivity contribution in [2.24, 2.45) is 0 Å². The Bertz CT molecular complexity index is 674. The van der Waals surface area contributed by atoms with Crippen LogP contribution >= 0.6 is 12.2 Å². The van der Waals surface area contributed by atoms with Crippen molar-refractivity contribution in [1.29, 1.82) is 0 Å². The van der Waals surface area contributed by atoms with Gasteiger partial charge in [-0.15, -0.1) is 0 Å². The molecule has 0 radical (unpaired) electrons. The number of aromatic nitrogens is 2. The van der Waals surface area contributed by atoms with Gasteiger partial charge in [0, 0.05) is 11.5 Å². The number of methoxy groups -OCH3 is 1. The minimum atomic E-state index is 0.553. The lowest BCUT2D eigenvalue weighted by molar-refractivity contribution is 0.416. The molecule has 0 atom stereocenters. The predicted molar refractivity (Wildman–Crippen MR) is 78.1 cm³/mol. The smallest absolute Gasteiger partial charge is 0.130 e. The Morgan fingerprint density at radius 1 is 1.32 bits per heavy atom. The Balaban J connectivity index is 2.15. The minimum Gasteiger partial charge on any atom is -0.496 e. The number of H-pyrrole nitrogens is 1. The van der Waals surface area contributed by atoms with Gasteiger partial charge >= 0.3 is 0 Å². The van der Waals surface area contributed by atoms with E-state index >= 15 is 0 Å². The molecule has 1 aromatic heterocycles. The number of ether oxygens (including phenoxy) is 1. The van der Waals surface area contributed by atoms with Crippen LogP contribution in [0.1, 0.15) is 30.1 Å². The van der Waals surface area contributed by atoms with Crippen molar-refractivity contribution in [1.82, 2.24) is 9.97 Å². The molecule has 3 nitrogen and oxygen atoms in total. The van der Waals surface area contributed by atoms with Crippen LogP contribution in [0.5, 0.6) is 5.75 Å². The van der Waals surface area contributed by atoms with Crippen LogP contribution in [0.4, 0.5) is 0 Å². The molecule has 1 N–H and O–H groups in total. The Morgan fingerprint density at radius 2 is 2.11 bits per heavy atom. The van der Waals surface area contributed by atoms with Gasteiger partial charge in [-0.25, -0.2) is 4.98 Å². The van der Waals surface area contributed by atoms with Gasteiger partial charge in [0.2, 0.25) is 0 Å². The van der Waals surface area contributed by atoms with Gasteiger partial charge in [-0.2, -0.15) is 0 Å². The van der Waals surface area contributed by atoms with Gasteiger partial charge in [-0.1, -0.05) is 23.8 Å². The summed E-state index contributed by atoms with van der Waals surface area (Å²) in [5.74, 6) is 2.41. The second-order valence-corrected chi connectivity index (χ2v) is 5.41. The molecule has 1 aromatic carbocycles. The van der Waals surface area contributed by atoms with E-state index in [0.717, 1.165) is 22.8 Å². The van der Waals surface area contributed by atoms with Gasteiger partial charge in [-0.05, 0) is 38.0 Å². The lowest BCUT2D eigenvalue weighted by Crippen LogP contribution is -1.97. The zero-order chi connectivity index (χ0) is 13.4. The predicted octanol–water partition coefficient (Wildman–Crippen LogP) is 4.00. The number of aryl methyl sites for hydroxylation is 1. The van der Waals surface area contributed by atoms with Gasteiger partial charge in [0.15, 0.2) is 0 Å². The third kappa shape index (κ3) is 2.54. The quantitative estimate of drug-likeness (QED) is 0.858. The summed E-state index contributed by atoms with van der Waals surface area (Å²) in [4.78, 5) is 7.83.